The van der Waals surface area contributed by atoms with Crippen LogP contribution in [-0.4, -0.2) is 37.4 Å². The average Bonchev–Trinajstić information content (AvgIpc) is 2.25. The minimum atomic E-state index is 0.0124. The van der Waals surface area contributed by atoms with E-state index >= 15 is 0 Å². The van der Waals surface area contributed by atoms with Crippen LogP contribution < -0.4 is 5.32 Å². The molecule has 4 nitrogen and oxygen atoms in total. The second-order valence-corrected chi connectivity index (χ2v) is 3.67. The molecular weight excluding hydrogens is 180 g/mol. The van der Waals surface area contributed by atoms with Crippen LogP contribution in [0.1, 0.15) is 32.6 Å². The van der Waals surface area contributed by atoms with E-state index in [4.69, 9.17) is 4.74 Å². The van der Waals surface area contributed by atoms with Gasteiger partial charge in [0.2, 0.25) is 0 Å². The van der Waals surface area contributed by atoms with Gasteiger partial charge in [-0.25, -0.2) is 4.79 Å². The monoisotopic (exact) mass is 200 g/mol. The van der Waals surface area contributed by atoms with Crippen molar-refractivity contribution in [3.63, 3.8) is 0 Å². The standard InChI is InChI=1S/C10H20N2O2/c1-3-9-6-4-5-7-12(9)10(13)11-8-14-2/h9H,3-8H2,1-2H3,(H,11,13). The lowest BCUT2D eigenvalue weighted by atomic mass is 10.0. The third-order valence-electron chi connectivity index (χ3n) is 2.73. The van der Waals surface area contributed by atoms with Crippen LogP contribution >= 0.6 is 0 Å². The summed E-state index contributed by atoms with van der Waals surface area (Å²) in [7, 11) is 1.58. The predicted octanol–water partition coefficient (Wildman–Crippen LogP) is 1.56. The molecule has 1 rings (SSSR count). The minimum absolute atomic E-state index is 0.0124. The molecule has 2 amide bonds. The highest BCUT2D eigenvalue weighted by atomic mass is 16.5. The third-order valence-corrected chi connectivity index (χ3v) is 2.73. The van der Waals surface area contributed by atoms with E-state index in [1.165, 1.54) is 6.42 Å². The smallest absolute Gasteiger partial charge is 0.319 e. The van der Waals surface area contributed by atoms with Gasteiger partial charge < -0.3 is 15.0 Å². The lowest BCUT2D eigenvalue weighted by molar-refractivity contribution is 0.126. The lowest BCUT2D eigenvalue weighted by Crippen LogP contribution is -2.48. The zero-order chi connectivity index (χ0) is 10.4. The van der Waals surface area contributed by atoms with Crippen LogP contribution in [0.5, 0.6) is 0 Å². The molecule has 0 aromatic rings. The van der Waals surface area contributed by atoms with E-state index in [0.717, 1.165) is 25.8 Å². The largest absolute Gasteiger partial charge is 0.364 e. The predicted molar refractivity (Wildman–Crippen MR) is 55.0 cm³/mol. The van der Waals surface area contributed by atoms with E-state index in [-0.39, 0.29) is 6.03 Å². The van der Waals surface area contributed by atoms with Gasteiger partial charge in [-0.3, -0.25) is 0 Å². The van der Waals surface area contributed by atoms with Crippen molar-refractivity contribution in [2.24, 2.45) is 0 Å². The van der Waals surface area contributed by atoms with Crippen molar-refractivity contribution in [3.8, 4) is 0 Å². The van der Waals surface area contributed by atoms with Gasteiger partial charge >= 0.3 is 6.03 Å². The molecule has 0 aromatic heterocycles. The number of urea groups is 1. The van der Waals surface area contributed by atoms with Crippen LogP contribution in [0, 0.1) is 0 Å². The molecule has 82 valence electrons. The van der Waals surface area contributed by atoms with Gasteiger partial charge in [0, 0.05) is 19.7 Å². The highest BCUT2D eigenvalue weighted by Gasteiger charge is 2.24. The average molecular weight is 200 g/mol. The summed E-state index contributed by atoms with van der Waals surface area (Å²) >= 11 is 0. The highest BCUT2D eigenvalue weighted by molar-refractivity contribution is 5.74. The Hall–Kier alpha value is -0.770. The van der Waals surface area contributed by atoms with Crippen molar-refractivity contribution < 1.29 is 9.53 Å². The number of ether oxygens (including phenoxy) is 1. The van der Waals surface area contributed by atoms with Crippen molar-refractivity contribution in [3.05, 3.63) is 0 Å². The van der Waals surface area contributed by atoms with Gasteiger partial charge in [0.15, 0.2) is 0 Å². The summed E-state index contributed by atoms with van der Waals surface area (Å²) < 4.78 is 4.81. The summed E-state index contributed by atoms with van der Waals surface area (Å²) in [4.78, 5) is 13.6. The quantitative estimate of drug-likeness (QED) is 0.702. The molecule has 1 saturated heterocycles. The molecule has 1 aliphatic heterocycles. The fraction of sp³-hybridized carbons (Fsp3) is 0.900. The van der Waals surface area contributed by atoms with Crippen molar-refractivity contribution >= 4 is 6.03 Å². The number of piperidine rings is 1. The summed E-state index contributed by atoms with van der Waals surface area (Å²) in [6.07, 6.45) is 4.54. The number of hydrogen-bond acceptors (Lipinski definition) is 2. The third kappa shape index (κ3) is 2.87. The van der Waals surface area contributed by atoms with Crippen molar-refractivity contribution in [1.29, 1.82) is 0 Å². The van der Waals surface area contributed by atoms with Crippen molar-refractivity contribution in [2.75, 3.05) is 20.4 Å². The number of amides is 2. The molecule has 1 aliphatic rings. The molecule has 0 aromatic carbocycles. The first-order valence-corrected chi connectivity index (χ1v) is 5.33. The Labute approximate surface area is 85.6 Å². The zero-order valence-corrected chi connectivity index (χ0v) is 9.08. The first-order valence-electron chi connectivity index (χ1n) is 5.33. The first-order chi connectivity index (χ1) is 6.79. The van der Waals surface area contributed by atoms with Crippen LogP contribution in [0.25, 0.3) is 0 Å². The number of rotatable bonds is 3. The van der Waals surface area contributed by atoms with Crippen LogP contribution in [0.15, 0.2) is 0 Å². The van der Waals surface area contributed by atoms with E-state index in [1.54, 1.807) is 7.11 Å². The number of likely N-dealkylation sites (tertiary alicyclic amines) is 1. The van der Waals surface area contributed by atoms with Crippen LogP contribution in [0.3, 0.4) is 0 Å². The van der Waals surface area contributed by atoms with Gasteiger partial charge in [-0.1, -0.05) is 6.92 Å². The van der Waals surface area contributed by atoms with Gasteiger partial charge in [0.05, 0.1) is 0 Å². The van der Waals surface area contributed by atoms with Crippen molar-refractivity contribution in [1.82, 2.24) is 10.2 Å². The Morgan fingerprint density at radius 2 is 2.36 bits per heavy atom. The second kappa shape index (κ2) is 5.86. The first kappa shape index (κ1) is 11.3. The van der Waals surface area contributed by atoms with E-state index < -0.39 is 0 Å². The Kier molecular flexibility index (Phi) is 4.73. The molecule has 1 atom stereocenters. The normalized spacial score (nSPS) is 22.1. The topological polar surface area (TPSA) is 41.6 Å². The fourth-order valence-electron chi connectivity index (χ4n) is 1.93. The van der Waals surface area contributed by atoms with Crippen LogP contribution in [0.2, 0.25) is 0 Å². The number of nitrogens with zero attached hydrogens (tertiary/aromatic N) is 1. The lowest BCUT2D eigenvalue weighted by Gasteiger charge is -2.35. The fourth-order valence-corrected chi connectivity index (χ4v) is 1.93. The zero-order valence-electron chi connectivity index (χ0n) is 9.08. The number of hydrogen-bond donors (Lipinski definition) is 1. The van der Waals surface area contributed by atoms with Gasteiger partial charge in [-0.15, -0.1) is 0 Å². The highest BCUT2D eigenvalue weighted by Crippen LogP contribution is 2.19. The number of carbonyl (C=O) groups excluding carboxylic acids is 1. The molecule has 1 fully saturated rings. The number of carbonyl (C=O) groups is 1. The SMILES string of the molecule is CCC1CCCCN1C(=O)NCOC. The Bertz CT molecular complexity index is 185. The van der Waals surface area contributed by atoms with Gasteiger partial charge in [-0.2, -0.15) is 0 Å². The maximum Gasteiger partial charge on any atom is 0.319 e. The van der Waals surface area contributed by atoms with Crippen LogP contribution in [0.4, 0.5) is 4.79 Å². The molecular formula is C10H20N2O2. The Morgan fingerprint density at radius 3 is 3.00 bits per heavy atom. The maximum atomic E-state index is 11.7. The summed E-state index contributed by atoms with van der Waals surface area (Å²) in [5.41, 5.74) is 0. The number of methoxy groups -OCH3 is 1. The maximum absolute atomic E-state index is 11.7. The van der Waals surface area contributed by atoms with E-state index in [9.17, 15) is 4.79 Å². The summed E-state index contributed by atoms with van der Waals surface area (Å²) in [6.45, 7) is 3.31. The van der Waals surface area contributed by atoms with E-state index in [0.29, 0.717) is 12.8 Å². The molecule has 0 radical (unpaired) electrons. The summed E-state index contributed by atoms with van der Waals surface area (Å²) in [5.74, 6) is 0. The molecule has 0 aliphatic carbocycles. The molecule has 0 saturated carbocycles. The minimum Gasteiger partial charge on any atom is -0.364 e. The molecule has 0 spiro atoms. The molecule has 1 unspecified atom stereocenters. The molecule has 4 heteroatoms. The van der Waals surface area contributed by atoms with Crippen LogP contribution in [-0.2, 0) is 4.74 Å². The van der Waals surface area contributed by atoms with E-state index in [2.05, 4.69) is 12.2 Å². The van der Waals surface area contributed by atoms with E-state index in [1.807, 2.05) is 4.90 Å². The molecule has 0 bridgehead atoms. The number of nitrogens with one attached hydrogen (secondary N) is 1. The molecule has 1 heterocycles. The van der Waals surface area contributed by atoms with Crippen molar-refractivity contribution in [2.45, 2.75) is 38.6 Å². The Morgan fingerprint density at radius 1 is 1.57 bits per heavy atom. The van der Waals surface area contributed by atoms with Gasteiger partial charge in [0.25, 0.3) is 0 Å². The summed E-state index contributed by atoms with van der Waals surface area (Å²) in [5, 5.41) is 2.73. The summed E-state index contributed by atoms with van der Waals surface area (Å²) in [6, 6.07) is 0.430. The molecule has 14 heavy (non-hydrogen) atoms. The molecule has 1 N–H and O–H groups in total. The van der Waals surface area contributed by atoms with Gasteiger partial charge in [-0.05, 0) is 25.7 Å². The Balaban J connectivity index is 2.41. The van der Waals surface area contributed by atoms with Gasteiger partial charge in [0.1, 0.15) is 6.73 Å². The second-order valence-electron chi connectivity index (χ2n) is 3.67.